The highest BCUT2D eigenvalue weighted by molar-refractivity contribution is 9.10. The lowest BCUT2D eigenvalue weighted by Crippen LogP contribution is -2.19. The molecule has 100 valence electrons. The lowest BCUT2D eigenvalue weighted by Gasteiger charge is -2.19. The van der Waals surface area contributed by atoms with Crippen LogP contribution in [-0.2, 0) is 0 Å². The highest BCUT2D eigenvalue weighted by atomic mass is 79.9. The minimum atomic E-state index is 0.0536. The fraction of sp³-hybridized carbons (Fsp3) is 0.118. The Morgan fingerprint density at radius 1 is 1.15 bits per heavy atom. The summed E-state index contributed by atoms with van der Waals surface area (Å²) in [6.45, 7) is 2.30. The molecule has 1 aliphatic heterocycles. The van der Waals surface area contributed by atoms with E-state index in [9.17, 15) is 4.79 Å². The molecule has 0 unspecified atom stereocenters. The van der Waals surface area contributed by atoms with Gasteiger partial charge in [-0.1, -0.05) is 39.7 Å². The van der Waals surface area contributed by atoms with Crippen LogP contribution < -0.4 is 4.74 Å². The van der Waals surface area contributed by atoms with Gasteiger partial charge in [0.05, 0.1) is 5.56 Å². The molecule has 0 saturated heterocycles. The molecular weight excluding hydrogens is 316 g/mol. The van der Waals surface area contributed by atoms with Crippen molar-refractivity contribution in [2.24, 2.45) is 0 Å². The molecule has 0 saturated carbocycles. The average Bonchev–Trinajstić information content (AvgIpc) is 2.45. The number of fused-ring (bicyclic) bond motifs is 1. The summed E-state index contributed by atoms with van der Waals surface area (Å²) >= 11 is 3.40. The summed E-state index contributed by atoms with van der Waals surface area (Å²) in [6, 6.07) is 13.5. The van der Waals surface area contributed by atoms with E-state index in [0.717, 1.165) is 15.6 Å². The van der Waals surface area contributed by atoms with Crippen LogP contribution in [-0.4, -0.2) is 12.4 Å². The molecule has 0 atom stereocenters. The van der Waals surface area contributed by atoms with Crippen molar-refractivity contribution in [1.29, 1.82) is 0 Å². The molecule has 1 aliphatic rings. The Kier molecular flexibility index (Phi) is 3.45. The lowest BCUT2D eigenvalue weighted by molar-refractivity contribution is 0.100. The Hall–Kier alpha value is -1.87. The summed E-state index contributed by atoms with van der Waals surface area (Å²) in [5, 5.41) is 0. The van der Waals surface area contributed by atoms with Crippen LogP contribution in [0.5, 0.6) is 5.75 Å². The van der Waals surface area contributed by atoms with Crippen molar-refractivity contribution in [3.63, 3.8) is 0 Å². The fourth-order valence-corrected chi connectivity index (χ4v) is 2.47. The predicted octanol–water partition coefficient (Wildman–Crippen LogP) is 4.42. The van der Waals surface area contributed by atoms with Crippen molar-refractivity contribution in [1.82, 2.24) is 0 Å². The first-order chi connectivity index (χ1) is 9.63. The number of aryl methyl sites for hydroxylation is 1. The van der Waals surface area contributed by atoms with Crippen LogP contribution >= 0.6 is 15.9 Å². The minimum absolute atomic E-state index is 0.0536. The normalized spacial score (nSPS) is 15.9. The van der Waals surface area contributed by atoms with Gasteiger partial charge < -0.3 is 4.74 Å². The fourth-order valence-electron chi connectivity index (χ4n) is 2.21. The van der Waals surface area contributed by atoms with Gasteiger partial charge in [-0.15, -0.1) is 0 Å². The largest absolute Gasteiger partial charge is 0.488 e. The number of carbonyl (C=O) groups is 1. The highest BCUT2D eigenvalue weighted by Gasteiger charge is 2.23. The maximum Gasteiger partial charge on any atom is 0.196 e. The van der Waals surface area contributed by atoms with Crippen molar-refractivity contribution in [3.05, 3.63) is 69.2 Å². The van der Waals surface area contributed by atoms with Crippen molar-refractivity contribution in [3.8, 4) is 5.75 Å². The molecule has 2 aromatic carbocycles. The van der Waals surface area contributed by atoms with Gasteiger partial charge in [0, 0.05) is 10.0 Å². The number of hydrogen-bond acceptors (Lipinski definition) is 2. The number of rotatable bonds is 1. The number of benzene rings is 2. The third-order valence-corrected chi connectivity index (χ3v) is 3.79. The van der Waals surface area contributed by atoms with Crippen LogP contribution in [0.25, 0.3) is 6.08 Å². The second-order valence-corrected chi connectivity index (χ2v) is 5.75. The Bertz CT molecular complexity index is 699. The quantitative estimate of drug-likeness (QED) is 0.724. The molecule has 2 nitrogen and oxygen atoms in total. The number of carbonyl (C=O) groups excluding carboxylic acids is 1. The molecule has 0 N–H and O–H groups in total. The zero-order valence-corrected chi connectivity index (χ0v) is 12.6. The Morgan fingerprint density at radius 3 is 2.65 bits per heavy atom. The molecule has 0 bridgehead atoms. The van der Waals surface area contributed by atoms with E-state index in [0.29, 0.717) is 23.5 Å². The molecule has 0 fully saturated rings. The van der Waals surface area contributed by atoms with E-state index in [1.165, 1.54) is 0 Å². The Balaban J connectivity index is 1.97. The van der Waals surface area contributed by atoms with Gasteiger partial charge in [-0.25, -0.2) is 0 Å². The molecule has 0 amide bonds. The smallest absolute Gasteiger partial charge is 0.196 e. The van der Waals surface area contributed by atoms with Crippen molar-refractivity contribution >= 4 is 27.8 Å². The number of Topliss-reactive ketones (excluding diaryl/α,β-unsaturated/α-hetero) is 1. The van der Waals surface area contributed by atoms with Crippen molar-refractivity contribution < 1.29 is 9.53 Å². The zero-order valence-electron chi connectivity index (χ0n) is 11.0. The molecule has 0 radical (unpaired) electrons. The van der Waals surface area contributed by atoms with Gasteiger partial charge >= 0.3 is 0 Å². The SMILES string of the molecule is Cc1ccc2c(c1)C(=O)/C(=C/c1ccc(Br)cc1)CO2. The highest BCUT2D eigenvalue weighted by Crippen LogP contribution is 2.28. The van der Waals surface area contributed by atoms with Gasteiger partial charge in [0.25, 0.3) is 0 Å². The lowest BCUT2D eigenvalue weighted by atomic mass is 9.97. The molecule has 1 heterocycles. The monoisotopic (exact) mass is 328 g/mol. The Morgan fingerprint density at radius 2 is 1.90 bits per heavy atom. The molecule has 3 heteroatoms. The molecule has 0 aliphatic carbocycles. The van der Waals surface area contributed by atoms with Gasteiger partial charge in [-0.2, -0.15) is 0 Å². The first-order valence-electron chi connectivity index (χ1n) is 6.38. The summed E-state index contributed by atoms with van der Waals surface area (Å²) in [5.41, 5.74) is 3.40. The summed E-state index contributed by atoms with van der Waals surface area (Å²) in [6.07, 6.45) is 1.89. The van der Waals surface area contributed by atoms with Crippen LogP contribution in [0.3, 0.4) is 0 Å². The van der Waals surface area contributed by atoms with Crippen LogP contribution in [0, 0.1) is 6.92 Å². The standard InChI is InChI=1S/C17H13BrO2/c1-11-2-7-16-15(8-11)17(19)13(10-20-16)9-12-3-5-14(18)6-4-12/h2-9H,10H2,1H3/b13-9+. The molecule has 20 heavy (non-hydrogen) atoms. The molecule has 2 aromatic rings. The van der Waals surface area contributed by atoms with Crippen LogP contribution in [0.2, 0.25) is 0 Å². The maximum absolute atomic E-state index is 12.5. The van der Waals surface area contributed by atoms with E-state index < -0.39 is 0 Å². The summed E-state index contributed by atoms with van der Waals surface area (Å²) in [7, 11) is 0. The average molecular weight is 329 g/mol. The van der Waals surface area contributed by atoms with Gasteiger partial charge in [0.2, 0.25) is 0 Å². The topological polar surface area (TPSA) is 26.3 Å². The maximum atomic E-state index is 12.5. The number of ether oxygens (including phenoxy) is 1. The number of hydrogen-bond donors (Lipinski definition) is 0. The second-order valence-electron chi connectivity index (χ2n) is 4.84. The summed E-state index contributed by atoms with van der Waals surface area (Å²) < 4.78 is 6.68. The minimum Gasteiger partial charge on any atom is -0.488 e. The van der Waals surface area contributed by atoms with Crippen LogP contribution in [0.4, 0.5) is 0 Å². The van der Waals surface area contributed by atoms with E-state index >= 15 is 0 Å². The summed E-state index contributed by atoms with van der Waals surface area (Å²) in [4.78, 5) is 12.5. The van der Waals surface area contributed by atoms with Crippen molar-refractivity contribution in [2.45, 2.75) is 6.92 Å². The van der Waals surface area contributed by atoms with E-state index in [2.05, 4.69) is 15.9 Å². The number of halogens is 1. The third-order valence-electron chi connectivity index (χ3n) is 3.27. The van der Waals surface area contributed by atoms with Gasteiger partial charge in [-0.05, 0) is 42.8 Å². The molecule has 3 rings (SSSR count). The van der Waals surface area contributed by atoms with E-state index in [4.69, 9.17) is 4.74 Å². The first-order valence-corrected chi connectivity index (χ1v) is 7.17. The van der Waals surface area contributed by atoms with E-state index in [-0.39, 0.29) is 5.78 Å². The zero-order chi connectivity index (χ0) is 14.1. The van der Waals surface area contributed by atoms with E-state index in [1.807, 2.05) is 55.5 Å². The van der Waals surface area contributed by atoms with Crippen LogP contribution in [0.15, 0.2) is 52.5 Å². The van der Waals surface area contributed by atoms with Crippen LogP contribution in [0.1, 0.15) is 21.5 Å². The van der Waals surface area contributed by atoms with Crippen molar-refractivity contribution in [2.75, 3.05) is 6.61 Å². The number of ketones is 1. The van der Waals surface area contributed by atoms with Gasteiger partial charge in [0.15, 0.2) is 5.78 Å². The Labute approximate surface area is 126 Å². The predicted molar refractivity (Wildman–Crippen MR) is 83.1 cm³/mol. The summed E-state index contributed by atoms with van der Waals surface area (Å²) in [5.74, 6) is 0.728. The van der Waals surface area contributed by atoms with Gasteiger partial charge in [-0.3, -0.25) is 4.79 Å². The molecule has 0 aromatic heterocycles. The van der Waals surface area contributed by atoms with Gasteiger partial charge in [0.1, 0.15) is 12.4 Å². The second kappa shape index (κ2) is 5.25. The van der Waals surface area contributed by atoms with E-state index in [1.54, 1.807) is 0 Å². The molecule has 0 spiro atoms. The first kappa shape index (κ1) is 13.1. The molecular formula is C17H13BrO2. The third kappa shape index (κ3) is 2.54.